The number of nitrogens with two attached hydrogens (primary N) is 1. The van der Waals surface area contributed by atoms with E-state index in [4.69, 9.17) is 17.3 Å². The fourth-order valence-corrected chi connectivity index (χ4v) is 3.70. The number of aromatic nitrogens is 1. The monoisotopic (exact) mass is 417 g/mol. The quantitative estimate of drug-likeness (QED) is 0.444. The number of nitrogen functional groups attached to an aromatic ring is 1. The molecule has 0 saturated heterocycles. The van der Waals surface area contributed by atoms with E-state index in [1.807, 2.05) is 32.0 Å². The molecule has 0 aliphatic rings. The number of hydrogen-bond acceptors (Lipinski definition) is 3. The maximum atomic E-state index is 13.2. The molecule has 30 heavy (non-hydrogen) atoms. The van der Waals surface area contributed by atoms with Crippen LogP contribution in [-0.2, 0) is 0 Å². The molecule has 0 atom stereocenters. The molecule has 0 unspecified atom stereocenters. The Balaban J connectivity index is 1.81. The maximum Gasteiger partial charge on any atom is 0.259 e. The largest absolute Gasteiger partial charge is 0.396 e. The first-order chi connectivity index (χ1) is 14.4. The lowest BCUT2D eigenvalue weighted by Gasteiger charge is -2.09. The third-order valence-corrected chi connectivity index (χ3v) is 5.31. The van der Waals surface area contributed by atoms with E-state index in [2.05, 4.69) is 5.32 Å². The summed E-state index contributed by atoms with van der Waals surface area (Å²) < 4.78 is 1.66. The van der Waals surface area contributed by atoms with E-state index in [9.17, 15) is 9.59 Å². The number of ketones is 1. The number of carbonyl (C=O) groups excluding carboxylic acids is 2. The molecule has 5 nitrogen and oxygen atoms in total. The van der Waals surface area contributed by atoms with Crippen molar-refractivity contribution in [2.45, 2.75) is 13.8 Å². The van der Waals surface area contributed by atoms with E-state index >= 15 is 0 Å². The number of aryl methyl sites for hydroxylation is 2. The van der Waals surface area contributed by atoms with Crippen LogP contribution in [0.5, 0.6) is 0 Å². The van der Waals surface area contributed by atoms with Crippen molar-refractivity contribution < 1.29 is 9.59 Å². The van der Waals surface area contributed by atoms with Crippen molar-refractivity contribution in [2.24, 2.45) is 0 Å². The van der Waals surface area contributed by atoms with Crippen molar-refractivity contribution in [1.82, 2.24) is 4.40 Å². The molecule has 0 aliphatic carbocycles. The third-order valence-electron chi connectivity index (χ3n) is 5.06. The zero-order valence-electron chi connectivity index (χ0n) is 16.6. The van der Waals surface area contributed by atoms with Crippen molar-refractivity contribution in [3.05, 3.63) is 99.8 Å². The molecule has 0 spiro atoms. The number of carbonyl (C=O) groups is 2. The van der Waals surface area contributed by atoms with Gasteiger partial charge in [-0.1, -0.05) is 35.4 Å². The number of halogens is 1. The highest BCUT2D eigenvalue weighted by Crippen LogP contribution is 2.30. The molecule has 4 rings (SSSR count). The van der Waals surface area contributed by atoms with Gasteiger partial charge in [0.05, 0.1) is 16.8 Å². The van der Waals surface area contributed by atoms with E-state index < -0.39 is 0 Å². The molecule has 2 aromatic carbocycles. The van der Waals surface area contributed by atoms with E-state index in [1.165, 1.54) is 0 Å². The SMILES string of the molecule is Cc1ccc(NC(=O)c2c(N)c(C(=O)c3ccc(Cl)cc3)n3ccccc23)c(C)c1. The Labute approximate surface area is 179 Å². The fraction of sp³-hybridized carbons (Fsp3) is 0.0833. The van der Waals surface area contributed by atoms with Crippen molar-refractivity contribution in [3.8, 4) is 0 Å². The normalized spacial score (nSPS) is 10.9. The average molecular weight is 418 g/mol. The van der Waals surface area contributed by atoms with Gasteiger partial charge in [-0.2, -0.15) is 0 Å². The molecule has 2 aromatic heterocycles. The van der Waals surface area contributed by atoms with Gasteiger partial charge in [-0.15, -0.1) is 0 Å². The Hall–Kier alpha value is -3.57. The van der Waals surface area contributed by atoms with Gasteiger partial charge >= 0.3 is 0 Å². The van der Waals surface area contributed by atoms with Gasteiger partial charge in [0, 0.05) is 22.5 Å². The molecule has 0 aliphatic heterocycles. The van der Waals surface area contributed by atoms with Gasteiger partial charge in [0.2, 0.25) is 5.78 Å². The number of anilines is 2. The van der Waals surface area contributed by atoms with Crippen molar-refractivity contribution in [2.75, 3.05) is 11.1 Å². The summed E-state index contributed by atoms with van der Waals surface area (Å²) in [7, 11) is 0. The predicted octanol–water partition coefficient (Wildman–Crippen LogP) is 5.28. The number of amides is 1. The zero-order valence-corrected chi connectivity index (χ0v) is 17.3. The number of hydrogen-bond donors (Lipinski definition) is 2. The predicted molar refractivity (Wildman–Crippen MR) is 121 cm³/mol. The molecule has 2 heterocycles. The Morgan fingerprint density at radius 3 is 2.43 bits per heavy atom. The van der Waals surface area contributed by atoms with Crippen LogP contribution in [0.1, 0.15) is 37.5 Å². The summed E-state index contributed by atoms with van der Waals surface area (Å²) in [4.78, 5) is 26.4. The van der Waals surface area contributed by atoms with E-state index in [0.29, 0.717) is 21.8 Å². The lowest BCUT2D eigenvalue weighted by atomic mass is 10.1. The van der Waals surface area contributed by atoms with E-state index in [1.54, 1.807) is 53.1 Å². The van der Waals surface area contributed by atoms with Gasteiger partial charge in [-0.25, -0.2) is 0 Å². The summed E-state index contributed by atoms with van der Waals surface area (Å²) >= 11 is 5.94. The van der Waals surface area contributed by atoms with Gasteiger partial charge in [-0.05, 0) is 61.9 Å². The summed E-state index contributed by atoms with van der Waals surface area (Å²) in [5.41, 5.74) is 10.8. The summed E-state index contributed by atoms with van der Waals surface area (Å²) in [6.07, 6.45) is 1.72. The molecular formula is C24H20ClN3O2. The second-order valence-corrected chi connectivity index (χ2v) is 7.64. The van der Waals surface area contributed by atoms with Crippen LogP contribution in [0.25, 0.3) is 5.52 Å². The van der Waals surface area contributed by atoms with Crippen molar-refractivity contribution in [3.63, 3.8) is 0 Å². The summed E-state index contributed by atoms with van der Waals surface area (Å²) in [6.45, 7) is 3.92. The Morgan fingerprint density at radius 2 is 1.73 bits per heavy atom. The molecule has 4 aromatic rings. The molecule has 6 heteroatoms. The minimum atomic E-state index is -0.363. The first kappa shape index (κ1) is 19.7. The number of benzene rings is 2. The highest BCUT2D eigenvalue weighted by Gasteiger charge is 2.26. The van der Waals surface area contributed by atoms with Crippen LogP contribution in [0.15, 0.2) is 66.9 Å². The lowest BCUT2D eigenvalue weighted by Crippen LogP contribution is -2.15. The average Bonchev–Trinajstić information content (AvgIpc) is 3.02. The standard InChI is InChI=1S/C24H20ClN3O2/c1-14-6-11-18(15(2)13-14)27-24(30)20-19-5-3-4-12-28(19)22(21(20)26)23(29)16-7-9-17(25)10-8-16/h3-13H,26H2,1-2H3,(H,27,30). The fourth-order valence-electron chi connectivity index (χ4n) is 3.57. The highest BCUT2D eigenvalue weighted by atomic mass is 35.5. The van der Waals surface area contributed by atoms with Crippen LogP contribution in [-0.4, -0.2) is 16.1 Å². The van der Waals surface area contributed by atoms with Crippen LogP contribution < -0.4 is 11.1 Å². The van der Waals surface area contributed by atoms with Crippen molar-refractivity contribution in [1.29, 1.82) is 0 Å². The van der Waals surface area contributed by atoms with Crippen LogP contribution in [0.3, 0.4) is 0 Å². The number of fused-ring (bicyclic) bond motifs is 1. The molecule has 0 saturated carbocycles. The first-order valence-electron chi connectivity index (χ1n) is 9.44. The van der Waals surface area contributed by atoms with Gasteiger partial charge in [0.15, 0.2) is 0 Å². The van der Waals surface area contributed by atoms with Crippen LogP contribution in [0.2, 0.25) is 5.02 Å². The lowest BCUT2D eigenvalue weighted by molar-refractivity contribution is 0.102. The third kappa shape index (κ3) is 3.44. The molecule has 0 fully saturated rings. The van der Waals surface area contributed by atoms with E-state index in [0.717, 1.165) is 11.1 Å². The van der Waals surface area contributed by atoms with Crippen LogP contribution >= 0.6 is 11.6 Å². The Morgan fingerprint density at radius 1 is 1.00 bits per heavy atom. The minimum absolute atomic E-state index is 0.142. The number of nitrogens with zero attached hydrogens (tertiary/aromatic N) is 1. The second-order valence-electron chi connectivity index (χ2n) is 7.20. The molecule has 3 N–H and O–H groups in total. The summed E-state index contributed by atoms with van der Waals surface area (Å²) in [5, 5.41) is 3.46. The number of rotatable bonds is 4. The topological polar surface area (TPSA) is 76.6 Å². The van der Waals surface area contributed by atoms with Crippen LogP contribution in [0, 0.1) is 13.8 Å². The minimum Gasteiger partial charge on any atom is -0.396 e. The zero-order chi connectivity index (χ0) is 21.4. The summed E-state index contributed by atoms with van der Waals surface area (Å²) in [6, 6.07) is 17.7. The number of nitrogens with one attached hydrogen (secondary N) is 1. The van der Waals surface area contributed by atoms with Crippen molar-refractivity contribution >= 4 is 40.2 Å². The smallest absolute Gasteiger partial charge is 0.259 e. The maximum absolute atomic E-state index is 13.2. The van der Waals surface area contributed by atoms with E-state index in [-0.39, 0.29) is 28.6 Å². The highest BCUT2D eigenvalue weighted by molar-refractivity contribution is 6.30. The summed E-state index contributed by atoms with van der Waals surface area (Å²) in [5.74, 6) is -0.644. The van der Waals surface area contributed by atoms with Crippen LogP contribution in [0.4, 0.5) is 11.4 Å². The van der Waals surface area contributed by atoms with Gasteiger partial charge in [0.25, 0.3) is 5.91 Å². The molecule has 0 radical (unpaired) electrons. The molecule has 1 amide bonds. The molecule has 150 valence electrons. The second kappa shape index (κ2) is 7.69. The number of pyridine rings is 1. The first-order valence-corrected chi connectivity index (χ1v) is 9.82. The molecular weight excluding hydrogens is 398 g/mol. The molecule has 0 bridgehead atoms. The van der Waals surface area contributed by atoms with Gasteiger partial charge in [-0.3, -0.25) is 9.59 Å². The Kier molecular flexibility index (Phi) is 5.06. The van der Waals surface area contributed by atoms with Gasteiger partial charge < -0.3 is 15.5 Å². The van der Waals surface area contributed by atoms with Gasteiger partial charge in [0.1, 0.15) is 5.69 Å². The Bertz CT molecular complexity index is 1290.